The lowest BCUT2D eigenvalue weighted by molar-refractivity contribution is 1.16. The van der Waals surface area contributed by atoms with Gasteiger partial charge in [-0.2, -0.15) is 11.8 Å². The fourth-order valence-electron chi connectivity index (χ4n) is 0.854. The Balaban J connectivity index is 2.60. The largest absolute Gasteiger partial charge is 0.324 e. The third kappa shape index (κ3) is 2.71. The van der Waals surface area contributed by atoms with Crippen molar-refractivity contribution in [2.24, 2.45) is 5.84 Å². The van der Waals surface area contributed by atoms with Crippen LogP contribution in [-0.4, -0.2) is 10.7 Å². The molecule has 0 radical (unpaired) electrons. The van der Waals surface area contributed by atoms with Crippen molar-refractivity contribution in [2.45, 2.75) is 12.7 Å². The minimum absolute atomic E-state index is 0.914. The molecule has 3 nitrogen and oxygen atoms in total. The first-order valence-electron chi connectivity index (χ1n) is 3.86. The molecule has 66 valence electrons. The van der Waals surface area contributed by atoms with Crippen molar-refractivity contribution in [3.63, 3.8) is 0 Å². The Morgan fingerprint density at radius 2 is 2.50 bits per heavy atom. The van der Waals surface area contributed by atoms with Gasteiger partial charge in [-0.25, -0.2) is 0 Å². The number of thioether (sulfide) groups is 1. The molecule has 0 aliphatic heterocycles. The van der Waals surface area contributed by atoms with Crippen LogP contribution in [-0.2, 0) is 5.75 Å². The van der Waals surface area contributed by atoms with E-state index < -0.39 is 0 Å². The number of nitrogen functional groups attached to an aromatic ring is 1. The number of hydrogen-bond acceptors (Lipinski definition) is 4. The summed E-state index contributed by atoms with van der Waals surface area (Å²) in [6.45, 7) is 2.13. The Morgan fingerprint density at radius 1 is 1.67 bits per heavy atom. The minimum atomic E-state index is 0.914. The number of nitrogens with one attached hydrogen (secondary N) is 1. The van der Waals surface area contributed by atoms with Crippen LogP contribution in [0.3, 0.4) is 0 Å². The number of nitrogens with zero attached hydrogens (tertiary/aromatic N) is 1. The van der Waals surface area contributed by atoms with Gasteiger partial charge in [0, 0.05) is 11.9 Å². The lowest BCUT2D eigenvalue weighted by Crippen LogP contribution is -2.07. The van der Waals surface area contributed by atoms with E-state index in [1.54, 1.807) is 6.20 Å². The van der Waals surface area contributed by atoms with E-state index in [4.69, 9.17) is 5.84 Å². The molecular formula is C8H13N3S. The molecular weight excluding hydrogens is 170 g/mol. The van der Waals surface area contributed by atoms with Gasteiger partial charge in [-0.3, -0.25) is 10.8 Å². The molecule has 1 aromatic rings. The maximum atomic E-state index is 5.26. The monoisotopic (exact) mass is 183 g/mol. The van der Waals surface area contributed by atoms with Gasteiger partial charge in [0.05, 0.1) is 11.4 Å². The predicted octanol–water partition coefficient (Wildman–Crippen LogP) is 1.62. The van der Waals surface area contributed by atoms with Crippen molar-refractivity contribution in [2.75, 3.05) is 11.2 Å². The summed E-state index contributed by atoms with van der Waals surface area (Å²) in [5.41, 5.74) is 4.58. The van der Waals surface area contributed by atoms with Gasteiger partial charge in [-0.15, -0.1) is 0 Å². The molecule has 0 spiro atoms. The maximum Gasteiger partial charge on any atom is 0.0523 e. The Kier molecular flexibility index (Phi) is 3.90. The highest BCUT2D eigenvalue weighted by atomic mass is 32.2. The van der Waals surface area contributed by atoms with Crippen LogP contribution < -0.4 is 11.3 Å². The third-order valence-electron chi connectivity index (χ3n) is 1.44. The molecule has 0 bridgehead atoms. The van der Waals surface area contributed by atoms with Gasteiger partial charge in [-0.1, -0.05) is 6.92 Å². The molecule has 0 saturated heterocycles. The van der Waals surface area contributed by atoms with E-state index in [2.05, 4.69) is 17.3 Å². The van der Waals surface area contributed by atoms with Crippen LogP contribution in [0.5, 0.6) is 0 Å². The second kappa shape index (κ2) is 5.00. The molecule has 3 N–H and O–H groups in total. The lowest BCUT2D eigenvalue weighted by Gasteiger charge is -2.02. The molecule has 0 aliphatic carbocycles. The quantitative estimate of drug-likeness (QED) is 0.550. The van der Waals surface area contributed by atoms with Gasteiger partial charge in [0.25, 0.3) is 0 Å². The van der Waals surface area contributed by atoms with Gasteiger partial charge in [-0.05, 0) is 17.9 Å². The molecule has 0 atom stereocenters. The van der Waals surface area contributed by atoms with Crippen LogP contribution in [0.25, 0.3) is 0 Å². The smallest absolute Gasteiger partial charge is 0.0523 e. The molecule has 0 aromatic carbocycles. The number of anilines is 1. The highest BCUT2D eigenvalue weighted by Gasteiger charge is 1.94. The summed E-state index contributed by atoms with van der Waals surface area (Å²) in [4.78, 5) is 4.21. The first-order valence-corrected chi connectivity index (χ1v) is 5.01. The lowest BCUT2D eigenvalue weighted by atomic mass is 10.3. The van der Waals surface area contributed by atoms with Gasteiger partial charge in [0.15, 0.2) is 0 Å². The molecule has 0 unspecified atom stereocenters. The molecule has 12 heavy (non-hydrogen) atoms. The number of aromatic nitrogens is 1. The summed E-state index contributed by atoms with van der Waals surface area (Å²) >= 11 is 1.85. The van der Waals surface area contributed by atoms with Crippen LogP contribution in [0.1, 0.15) is 12.6 Å². The van der Waals surface area contributed by atoms with Crippen molar-refractivity contribution in [3.05, 3.63) is 24.0 Å². The zero-order valence-electron chi connectivity index (χ0n) is 7.08. The van der Waals surface area contributed by atoms with Crippen LogP contribution >= 0.6 is 11.8 Å². The summed E-state index contributed by atoms with van der Waals surface area (Å²) in [6.07, 6.45) is 1.76. The normalized spacial score (nSPS) is 9.83. The average Bonchev–Trinajstić information content (AvgIpc) is 2.15. The number of pyridine rings is 1. The van der Waals surface area contributed by atoms with Crippen molar-refractivity contribution in [1.82, 2.24) is 4.98 Å². The Hall–Kier alpha value is -0.740. The molecule has 0 amide bonds. The Labute approximate surface area is 76.7 Å². The van der Waals surface area contributed by atoms with E-state index in [0.717, 1.165) is 22.9 Å². The number of hydrogen-bond donors (Lipinski definition) is 2. The van der Waals surface area contributed by atoms with Gasteiger partial charge in [0.2, 0.25) is 0 Å². The van der Waals surface area contributed by atoms with Crippen molar-refractivity contribution >= 4 is 17.4 Å². The molecule has 0 fully saturated rings. The molecule has 1 heterocycles. The van der Waals surface area contributed by atoms with Gasteiger partial charge in [0.1, 0.15) is 0 Å². The van der Waals surface area contributed by atoms with Crippen molar-refractivity contribution in [1.29, 1.82) is 0 Å². The summed E-state index contributed by atoms with van der Waals surface area (Å²) in [5, 5.41) is 0. The summed E-state index contributed by atoms with van der Waals surface area (Å²) in [5.74, 6) is 7.33. The second-order valence-electron chi connectivity index (χ2n) is 2.32. The van der Waals surface area contributed by atoms with Crippen LogP contribution in [0, 0.1) is 0 Å². The zero-order valence-corrected chi connectivity index (χ0v) is 7.90. The van der Waals surface area contributed by atoms with E-state index in [9.17, 15) is 0 Å². The highest BCUT2D eigenvalue weighted by Crippen LogP contribution is 2.12. The standard InChI is InChI=1S/C8H13N3S/c1-2-12-6-8-5-7(11-9)3-4-10-8/h3-5H,2,6,9H2,1H3,(H,10,11). The summed E-state index contributed by atoms with van der Waals surface area (Å²) < 4.78 is 0. The van der Waals surface area contributed by atoms with Crippen molar-refractivity contribution in [3.8, 4) is 0 Å². The molecule has 1 aromatic heterocycles. The average molecular weight is 183 g/mol. The zero-order chi connectivity index (χ0) is 8.81. The number of rotatable bonds is 4. The number of hydrazine groups is 1. The summed E-state index contributed by atoms with van der Waals surface area (Å²) in [6, 6.07) is 3.81. The molecule has 1 rings (SSSR count). The van der Waals surface area contributed by atoms with E-state index in [1.165, 1.54) is 0 Å². The van der Waals surface area contributed by atoms with Crippen molar-refractivity contribution < 1.29 is 0 Å². The van der Waals surface area contributed by atoms with E-state index in [-0.39, 0.29) is 0 Å². The predicted molar refractivity (Wildman–Crippen MR) is 53.9 cm³/mol. The molecule has 4 heteroatoms. The fourth-order valence-corrected chi connectivity index (χ4v) is 1.42. The third-order valence-corrected chi connectivity index (χ3v) is 2.35. The summed E-state index contributed by atoms with van der Waals surface area (Å²) in [7, 11) is 0. The first-order chi connectivity index (χ1) is 5.86. The SMILES string of the molecule is CCSCc1cc(NN)ccn1. The van der Waals surface area contributed by atoms with Gasteiger partial charge < -0.3 is 5.43 Å². The van der Waals surface area contributed by atoms with Crippen LogP contribution in [0.15, 0.2) is 18.3 Å². The van der Waals surface area contributed by atoms with E-state index in [1.807, 2.05) is 23.9 Å². The van der Waals surface area contributed by atoms with E-state index in [0.29, 0.717) is 0 Å². The molecule has 0 saturated carbocycles. The Bertz CT molecular complexity index is 239. The fraction of sp³-hybridized carbons (Fsp3) is 0.375. The molecule has 0 aliphatic rings. The van der Waals surface area contributed by atoms with E-state index >= 15 is 0 Å². The van der Waals surface area contributed by atoms with Gasteiger partial charge >= 0.3 is 0 Å². The van der Waals surface area contributed by atoms with Crippen LogP contribution in [0.2, 0.25) is 0 Å². The Morgan fingerprint density at radius 3 is 3.17 bits per heavy atom. The minimum Gasteiger partial charge on any atom is -0.324 e. The number of nitrogens with two attached hydrogens (primary N) is 1. The van der Waals surface area contributed by atoms with Crippen LogP contribution in [0.4, 0.5) is 5.69 Å². The topological polar surface area (TPSA) is 50.9 Å². The second-order valence-corrected chi connectivity index (χ2v) is 3.59. The maximum absolute atomic E-state index is 5.26. The highest BCUT2D eigenvalue weighted by molar-refractivity contribution is 7.98. The first kappa shape index (κ1) is 9.35.